The summed E-state index contributed by atoms with van der Waals surface area (Å²) in [5.74, 6) is -0.744. The van der Waals surface area contributed by atoms with Gasteiger partial charge in [0.25, 0.3) is 0 Å². The summed E-state index contributed by atoms with van der Waals surface area (Å²) < 4.78 is 6.27. The first-order valence-electron chi connectivity index (χ1n) is 6.21. The number of carbonyl (C=O) groups is 1. The molecule has 104 valence electrons. The van der Waals surface area contributed by atoms with Gasteiger partial charge in [-0.3, -0.25) is 4.79 Å². The summed E-state index contributed by atoms with van der Waals surface area (Å²) in [6.07, 6.45) is -0.224. The number of carboxylic acids is 1. The SMILES string of the molecule is CCOC(CC(=O)O)=Nc1ccc(Br)c2ccccc12. The maximum absolute atomic E-state index is 10.8. The Hall–Kier alpha value is -1.88. The van der Waals surface area contributed by atoms with Crippen molar-refractivity contribution in [2.45, 2.75) is 13.3 Å². The smallest absolute Gasteiger partial charge is 0.312 e. The van der Waals surface area contributed by atoms with Crippen molar-refractivity contribution in [3.63, 3.8) is 0 Å². The number of nitrogens with zero attached hydrogens (tertiary/aromatic N) is 1. The number of ether oxygens (including phenoxy) is 1. The van der Waals surface area contributed by atoms with Crippen LogP contribution >= 0.6 is 15.9 Å². The van der Waals surface area contributed by atoms with Crippen LogP contribution in [-0.2, 0) is 9.53 Å². The summed E-state index contributed by atoms with van der Waals surface area (Å²) in [4.78, 5) is 15.2. The molecule has 2 aromatic rings. The third-order valence-electron chi connectivity index (χ3n) is 2.71. The first-order valence-corrected chi connectivity index (χ1v) is 7.00. The molecule has 0 radical (unpaired) electrons. The highest BCUT2D eigenvalue weighted by Crippen LogP contribution is 2.31. The second-order valence-electron chi connectivity index (χ2n) is 4.12. The van der Waals surface area contributed by atoms with Gasteiger partial charge in [-0.05, 0) is 24.4 Å². The van der Waals surface area contributed by atoms with Crippen LogP contribution in [0.1, 0.15) is 13.3 Å². The van der Waals surface area contributed by atoms with Crippen molar-refractivity contribution in [1.82, 2.24) is 0 Å². The second kappa shape index (κ2) is 6.52. The summed E-state index contributed by atoms with van der Waals surface area (Å²) in [5, 5.41) is 10.9. The molecule has 0 aliphatic rings. The fraction of sp³-hybridized carbons (Fsp3) is 0.200. The Kier molecular flexibility index (Phi) is 4.74. The lowest BCUT2D eigenvalue weighted by Gasteiger charge is -2.08. The molecule has 4 nitrogen and oxygen atoms in total. The fourth-order valence-electron chi connectivity index (χ4n) is 1.90. The summed E-state index contributed by atoms with van der Waals surface area (Å²) >= 11 is 3.49. The lowest BCUT2D eigenvalue weighted by atomic mass is 10.1. The number of carboxylic acid groups (broad SMARTS) is 1. The number of hydrogen-bond donors (Lipinski definition) is 1. The molecular formula is C15H14BrNO3. The second-order valence-corrected chi connectivity index (χ2v) is 4.98. The summed E-state index contributed by atoms with van der Waals surface area (Å²) in [5.41, 5.74) is 0.702. The van der Waals surface area contributed by atoms with Crippen LogP contribution in [0.15, 0.2) is 45.9 Å². The highest BCUT2D eigenvalue weighted by molar-refractivity contribution is 9.10. The van der Waals surface area contributed by atoms with E-state index in [2.05, 4.69) is 20.9 Å². The number of benzene rings is 2. The van der Waals surface area contributed by atoms with Crippen molar-refractivity contribution >= 4 is 44.3 Å². The van der Waals surface area contributed by atoms with Gasteiger partial charge in [-0.25, -0.2) is 4.99 Å². The molecule has 0 saturated carbocycles. The minimum atomic E-state index is -0.960. The van der Waals surface area contributed by atoms with E-state index in [9.17, 15) is 4.79 Å². The van der Waals surface area contributed by atoms with Crippen LogP contribution in [0, 0.1) is 0 Å². The van der Waals surface area contributed by atoms with E-state index in [4.69, 9.17) is 9.84 Å². The van der Waals surface area contributed by atoms with Gasteiger partial charge in [-0.1, -0.05) is 40.2 Å². The number of aliphatic carboxylic acids is 1. The third-order valence-corrected chi connectivity index (χ3v) is 3.40. The quantitative estimate of drug-likeness (QED) is 0.674. The fourth-order valence-corrected chi connectivity index (χ4v) is 2.37. The van der Waals surface area contributed by atoms with E-state index >= 15 is 0 Å². The van der Waals surface area contributed by atoms with Crippen molar-refractivity contribution < 1.29 is 14.6 Å². The lowest BCUT2D eigenvalue weighted by Crippen LogP contribution is -2.10. The summed E-state index contributed by atoms with van der Waals surface area (Å²) in [6, 6.07) is 11.5. The highest BCUT2D eigenvalue weighted by atomic mass is 79.9. The molecule has 0 atom stereocenters. The molecule has 0 fully saturated rings. The largest absolute Gasteiger partial charge is 0.481 e. The number of hydrogen-bond acceptors (Lipinski definition) is 3. The van der Waals surface area contributed by atoms with Crippen LogP contribution in [0.3, 0.4) is 0 Å². The summed E-state index contributed by atoms with van der Waals surface area (Å²) in [6.45, 7) is 2.19. The van der Waals surface area contributed by atoms with E-state index in [1.54, 1.807) is 6.92 Å². The molecule has 2 aromatic carbocycles. The van der Waals surface area contributed by atoms with Crippen molar-refractivity contribution in [3.8, 4) is 0 Å². The molecular weight excluding hydrogens is 322 g/mol. The van der Waals surface area contributed by atoms with E-state index in [0.29, 0.717) is 12.3 Å². The van der Waals surface area contributed by atoms with Crippen molar-refractivity contribution in [1.29, 1.82) is 0 Å². The Labute approximate surface area is 125 Å². The van der Waals surface area contributed by atoms with Crippen molar-refractivity contribution in [2.24, 2.45) is 4.99 Å². The monoisotopic (exact) mass is 335 g/mol. The predicted molar refractivity (Wildman–Crippen MR) is 82.6 cm³/mol. The van der Waals surface area contributed by atoms with E-state index < -0.39 is 5.97 Å². The Morgan fingerprint density at radius 3 is 2.60 bits per heavy atom. The molecule has 0 saturated heterocycles. The van der Waals surface area contributed by atoms with E-state index in [0.717, 1.165) is 15.2 Å². The Bertz CT molecular complexity index is 667. The Morgan fingerprint density at radius 1 is 1.25 bits per heavy atom. The third kappa shape index (κ3) is 3.36. The predicted octanol–water partition coefficient (Wildman–Crippen LogP) is 4.14. The van der Waals surface area contributed by atoms with Crippen LogP contribution in [0.2, 0.25) is 0 Å². The minimum Gasteiger partial charge on any atom is -0.481 e. The van der Waals surface area contributed by atoms with Gasteiger partial charge in [0.2, 0.25) is 0 Å². The molecule has 5 heteroatoms. The first-order chi connectivity index (χ1) is 9.61. The molecule has 0 aliphatic carbocycles. The highest BCUT2D eigenvalue weighted by Gasteiger charge is 2.09. The maximum atomic E-state index is 10.8. The van der Waals surface area contributed by atoms with Gasteiger partial charge in [0.15, 0.2) is 5.90 Å². The van der Waals surface area contributed by atoms with Crippen molar-refractivity contribution in [3.05, 3.63) is 40.9 Å². The molecule has 0 spiro atoms. The van der Waals surface area contributed by atoms with Gasteiger partial charge in [0.05, 0.1) is 12.3 Å². The van der Waals surface area contributed by atoms with Crippen LogP contribution in [0.4, 0.5) is 5.69 Å². The average molecular weight is 336 g/mol. The molecule has 0 bridgehead atoms. The van der Waals surface area contributed by atoms with Crippen LogP contribution < -0.4 is 0 Å². The number of rotatable bonds is 4. The zero-order valence-electron chi connectivity index (χ0n) is 11.0. The maximum Gasteiger partial charge on any atom is 0.312 e. The zero-order valence-corrected chi connectivity index (χ0v) is 12.6. The van der Waals surface area contributed by atoms with Crippen LogP contribution in [-0.4, -0.2) is 23.6 Å². The number of aliphatic imine (C=N–C) groups is 1. The van der Waals surface area contributed by atoms with E-state index in [1.165, 1.54) is 0 Å². The Balaban J connectivity index is 2.51. The molecule has 0 aliphatic heterocycles. The Morgan fingerprint density at radius 2 is 1.95 bits per heavy atom. The van der Waals surface area contributed by atoms with Gasteiger partial charge in [0.1, 0.15) is 6.42 Å². The van der Waals surface area contributed by atoms with Crippen LogP contribution in [0.25, 0.3) is 10.8 Å². The molecule has 0 aromatic heterocycles. The number of fused-ring (bicyclic) bond motifs is 1. The summed E-state index contributed by atoms with van der Waals surface area (Å²) in [7, 11) is 0. The molecule has 20 heavy (non-hydrogen) atoms. The number of halogens is 1. The van der Waals surface area contributed by atoms with E-state index in [1.807, 2.05) is 36.4 Å². The van der Waals surface area contributed by atoms with Crippen LogP contribution in [0.5, 0.6) is 0 Å². The standard InChI is InChI=1S/C15H14BrNO3/c1-2-20-14(9-15(18)19)17-13-8-7-12(16)10-5-3-4-6-11(10)13/h3-8H,2,9H2,1H3,(H,18,19). The lowest BCUT2D eigenvalue weighted by molar-refractivity contribution is -0.135. The molecule has 1 N–H and O–H groups in total. The van der Waals surface area contributed by atoms with Gasteiger partial charge in [0, 0.05) is 9.86 Å². The average Bonchev–Trinajstić information content (AvgIpc) is 2.42. The molecule has 0 unspecified atom stereocenters. The molecule has 2 rings (SSSR count). The molecule has 0 heterocycles. The zero-order chi connectivity index (χ0) is 14.5. The van der Waals surface area contributed by atoms with Gasteiger partial charge in [-0.15, -0.1) is 0 Å². The molecule has 0 amide bonds. The van der Waals surface area contributed by atoms with E-state index in [-0.39, 0.29) is 12.3 Å². The topological polar surface area (TPSA) is 58.9 Å². The van der Waals surface area contributed by atoms with Gasteiger partial charge < -0.3 is 9.84 Å². The first kappa shape index (κ1) is 14.5. The van der Waals surface area contributed by atoms with Gasteiger partial charge in [-0.2, -0.15) is 0 Å². The van der Waals surface area contributed by atoms with Crippen molar-refractivity contribution in [2.75, 3.05) is 6.61 Å². The normalized spacial score (nSPS) is 11.6. The van der Waals surface area contributed by atoms with Gasteiger partial charge >= 0.3 is 5.97 Å². The minimum absolute atomic E-state index is 0.215.